The molecule has 1 heterocycles. The Labute approximate surface area is 280 Å². The molecule has 0 saturated heterocycles. The van der Waals surface area contributed by atoms with Gasteiger partial charge in [0.2, 0.25) is 5.91 Å². The van der Waals surface area contributed by atoms with Gasteiger partial charge in [-0.3, -0.25) is 19.2 Å². The first-order chi connectivity index (χ1) is 23.1. The van der Waals surface area contributed by atoms with E-state index in [1.807, 2.05) is 30.3 Å². The summed E-state index contributed by atoms with van der Waals surface area (Å²) in [6.07, 6.45) is 4.46. The van der Waals surface area contributed by atoms with Gasteiger partial charge in [0.15, 0.2) is 5.60 Å². The van der Waals surface area contributed by atoms with Crippen LogP contribution in [0, 0.1) is 5.92 Å². The summed E-state index contributed by atoms with van der Waals surface area (Å²) >= 11 is 0. The molecule has 11 heteroatoms. The maximum Gasteiger partial charge on any atom is 0.305 e. The fraction of sp³-hybridized carbons (Fsp3) is 0.351. The molecule has 1 aliphatic rings. The van der Waals surface area contributed by atoms with Crippen molar-refractivity contribution in [3.63, 3.8) is 0 Å². The summed E-state index contributed by atoms with van der Waals surface area (Å²) in [7, 11) is 2.86. The van der Waals surface area contributed by atoms with E-state index in [9.17, 15) is 29.4 Å². The first-order valence-corrected chi connectivity index (χ1v) is 15.9. The van der Waals surface area contributed by atoms with Gasteiger partial charge in [-0.05, 0) is 60.9 Å². The number of anilines is 2. The van der Waals surface area contributed by atoms with Gasteiger partial charge in [-0.1, -0.05) is 49.4 Å². The minimum absolute atomic E-state index is 0.00347. The van der Waals surface area contributed by atoms with Gasteiger partial charge in [-0.15, -0.1) is 0 Å². The molecule has 0 aliphatic carbocycles. The monoisotopic (exact) mass is 657 g/mol. The molecule has 0 unspecified atom stereocenters. The van der Waals surface area contributed by atoms with Crippen molar-refractivity contribution in [1.29, 1.82) is 0 Å². The lowest BCUT2D eigenvalue weighted by Crippen LogP contribution is -2.44. The first kappa shape index (κ1) is 35.8. The second-order valence-electron chi connectivity index (χ2n) is 11.6. The second kappa shape index (κ2) is 16.7. The van der Waals surface area contributed by atoms with Gasteiger partial charge >= 0.3 is 5.97 Å². The third kappa shape index (κ3) is 8.47. The Balaban J connectivity index is 1.55. The number of fused-ring (bicyclic) bond motifs is 1. The van der Waals surface area contributed by atoms with Crippen molar-refractivity contribution in [3.05, 3.63) is 102 Å². The lowest BCUT2D eigenvalue weighted by molar-refractivity contribution is -0.140. The molecule has 254 valence electrons. The molecule has 0 aromatic heterocycles. The van der Waals surface area contributed by atoms with Crippen LogP contribution in [-0.4, -0.2) is 72.7 Å². The topological polar surface area (TPSA) is 146 Å². The summed E-state index contributed by atoms with van der Waals surface area (Å²) in [5.74, 6) is -1.61. The van der Waals surface area contributed by atoms with E-state index in [-0.39, 0.29) is 50.3 Å². The quantitative estimate of drug-likeness (QED) is 0.117. The van der Waals surface area contributed by atoms with Crippen LogP contribution in [0.2, 0.25) is 0 Å². The number of carbonyl (C=O) groups is 4. The molecule has 2 atom stereocenters. The number of hydrogen-bond acceptors (Lipinski definition) is 8. The largest absolute Gasteiger partial charge is 0.497 e. The number of unbranched alkanes of at least 4 members (excludes halogenated alkanes) is 1. The van der Waals surface area contributed by atoms with Gasteiger partial charge < -0.3 is 34.8 Å². The molecular weight excluding hydrogens is 614 g/mol. The normalized spacial score (nSPS) is 16.0. The Bertz CT molecular complexity index is 1610. The highest BCUT2D eigenvalue weighted by Gasteiger charge is 2.52. The fourth-order valence-electron chi connectivity index (χ4n) is 5.69. The Morgan fingerprint density at radius 2 is 1.75 bits per heavy atom. The highest BCUT2D eigenvalue weighted by molar-refractivity contribution is 6.09. The molecule has 0 spiro atoms. The first-order valence-electron chi connectivity index (χ1n) is 15.9. The number of benzene rings is 3. The Morgan fingerprint density at radius 1 is 1.02 bits per heavy atom. The lowest BCUT2D eigenvalue weighted by Gasteiger charge is -2.28. The standard InChI is InChI=1S/C37H43N3O8/c1-26(10-9-13-33(42)39(22-23-41)25-27-11-5-4-6-12-27)37(46)31-24-29(38-35(44)28-15-18-30(47-2)19-16-28)17-20-32(31)40(36(37)45)21-8-7-14-34(43)48-3/h4-6,9-12,15-20,24,26,41,46H,7-8,13-14,21-23,25H2,1-3H3,(H,38,44)/b10-9+/t26-,37+/m0/s1. The van der Waals surface area contributed by atoms with Crippen molar-refractivity contribution in [2.24, 2.45) is 5.92 Å². The highest BCUT2D eigenvalue weighted by Crippen LogP contribution is 2.46. The summed E-state index contributed by atoms with van der Waals surface area (Å²) in [6.45, 7) is 2.28. The van der Waals surface area contributed by atoms with Gasteiger partial charge in [0.05, 0.1) is 26.5 Å². The lowest BCUT2D eigenvalue weighted by atomic mass is 9.82. The maximum absolute atomic E-state index is 14.0. The Morgan fingerprint density at radius 3 is 2.42 bits per heavy atom. The second-order valence-corrected chi connectivity index (χ2v) is 11.6. The number of aliphatic hydroxyl groups excluding tert-OH is 1. The zero-order chi connectivity index (χ0) is 34.7. The molecule has 3 aromatic rings. The number of carbonyl (C=O) groups excluding carboxylic acids is 4. The summed E-state index contributed by atoms with van der Waals surface area (Å²) in [5.41, 5.74) is 0.547. The number of nitrogens with one attached hydrogen (secondary N) is 1. The van der Waals surface area contributed by atoms with E-state index < -0.39 is 17.4 Å². The Kier molecular flexibility index (Phi) is 12.5. The zero-order valence-corrected chi connectivity index (χ0v) is 27.6. The van der Waals surface area contributed by atoms with Crippen molar-refractivity contribution in [1.82, 2.24) is 4.90 Å². The number of esters is 1. The number of rotatable bonds is 16. The number of amides is 3. The molecule has 0 saturated carbocycles. The minimum Gasteiger partial charge on any atom is -0.497 e. The zero-order valence-electron chi connectivity index (χ0n) is 27.6. The smallest absolute Gasteiger partial charge is 0.305 e. The van der Waals surface area contributed by atoms with E-state index in [1.165, 1.54) is 19.1 Å². The minimum atomic E-state index is -1.99. The van der Waals surface area contributed by atoms with Crippen molar-refractivity contribution >= 4 is 35.1 Å². The predicted molar refractivity (Wildman–Crippen MR) is 181 cm³/mol. The molecule has 1 aliphatic heterocycles. The van der Waals surface area contributed by atoms with Crippen LogP contribution in [0.4, 0.5) is 11.4 Å². The number of nitrogens with zero attached hydrogens (tertiary/aromatic N) is 2. The molecule has 0 fully saturated rings. The number of hydrogen-bond donors (Lipinski definition) is 3. The Hall–Kier alpha value is -5.00. The van der Waals surface area contributed by atoms with Crippen LogP contribution >= 0.6 is 0 Å². The van der Waals surface area contributed by atoms with E-state index in [4.69, 9.17) is 9.47 Å². The number of ether oxygens (including phenoxy) is 2. The predicted octanol–water partition coefficient (Wildman–Crippen LogP) is 4.43. The average molecular weight is 658 g/mol. The molecule has 3 aromatic carbocycles. The van der Waals surface area contributed by atoms with Gasteiger partial charge in [-0.2, -0.15) is 0 Å². The van der Waals surface area contributed by atoms with Gasteiger partial charge in [0.1, 0.15) is 5.75 Å². The van der Waals surface area contributed by atoms with Crippen molar-refractivity contribution in [2.75, 3.05) is 44.1 Å². The third-order valence-corrected chi connectivity index (χ3v) is 8.43. The molecule has 4 rings (SSSR count). The molecule has 48 heavy (non-hydrogen) atoms. The van der Waals surface area contributed by atoms with Crippen molar-refractivity contribution < 1.29 is 38.9 Å². The van der Waals surface area contributed by atoms with Crippen LogP contribution in [0.1, 0.15) is 54.1 Å². The van der Waals surface area contributed by atoms with E-state index in [1.54, 1.807) is 66.4 Å². The summed E-state index contributed by atoms with van der Waals surface area (Å²) in [5, 5.41) is 24.5. The summed E-state index contributed by atoms with van der Waals surface area (Å²) < 4.78 is 9.88. The molecule has 0 radical (unpaired) electrons. The molecule has 0 bridgehead atoms. The average Bonchev–Trinajstić information content (AvgIpc) is 3.32. The fourth-order valence-corrected chi connectivity index (χ4v) is 5.69. The van der Waals surface area contributed by atoms with Crippen LogP contribution in [0.5, 0.6) is 5.75 Å². The van der Waals surface area contributed by atoms with E-state index in [0.29, 0.717) is 47.6 Å². The number of methoxy groups -OCH3 is 2. The molecular formula is C37H43N3O8. The third-order valence-electron chi connectivity index (χ3n) is 8.43. The summed E-state index contributed by atoms with van der Waals surface area (Å²) in [6, 6.07) is 21.0. The van der Waals surface area contributed by atoms with Gasteiger partial charge in [-0.25, -0.2) is 0 Å². The SMILES string of the molecule is COC(=O)CCCCN1C(=O)[C@@](O)([C@@H](C)/C=C/CC(=O)N(CCO)Cc2ccccc2)c2cc(NC(=O)c3ccc(OC)cc3)ccc21. The highest BCUT2D eigenvalue weighted by atomic mass is 16.5. The van der Waals surface area contributed by atoms with Crippen molar-refractivity contribution in [2.45, 2.75) is 44.8 Å². The maximum atomic E-state index is 14.0. The van der Waals surface area contributed by atoms with E-state index in [0.717, 1.165) is 5.56 Å². The van der Waals surface area contributed by atoms with Gasteiger partial charge in [0, 0.05) is 55.2 Å². The van der Waals surface area contributed by atoms with Crippen LogP contribution in [0.3, 0.4) is 0 Å². The summed E-state index contributed by atoms with van der Waals surface area (Å²) in [4.78, 5) is 54.8. The van der Waals surface area contributed by atoms with E-state index >= 15 is 0 Å². The van der Waals surface area contributed by atoms with E-state index in [2.05, 4.69) is 5.32 Å². The van der Waals surface area contributed by atoms with Crippen molar-refractivity contribution in [3.8, 4) is 5.75 Å². The van der Waals surface area contributed by atoms with Crippen LogP contribution < -0.4 is 15.0 Å². The van der Waals surface area contributed by atoms with Crippen LogP contribution in [-0.2, 0) is 31.3 Å². The number of aliphatic hydroxyl groups is 2. The molecule has 3 amide bonds. The molecule has 11 nitrogen and oxygen atoms in total. The molecule has 3 N–H and O–H groups in total. The van der Waals surface area contributed by atoms with Crippen LogP contribution in [0.15, 0.2) is 84.9 Å². The van der Waals surface area contributed by atoms with Crippen LogP contribution in [0.25, 0.3) is 0 Å². The van der Waals surface area contributed by atoms with Gasteiger partial charge in [0.25, 0.3) is 11.8 Å².